The van der Waals surface area contributed by atoms with Crippen LogP contribution in [0.15, 0.2) is 0 Å². The summed E-state index contributed by atoms with van der Waals surface area (Å²) >= 11 is 1.11. The van der Waals surface area contributed by atoms with Crippen molar-refractivity contribution in [1.29, 1.82) is 0 Å². The third-order valence-corrected chi connectivity index (χ3v) is 3.32. The largest absolute Gasteiger partial charge is 0.481 e. The molecule has 0 radical (unpaired) electrons. The summed E-state index contributed by atoms with van der Waals surface area (Å²) in [5.41, 5.74) is 0. The maximum Gasteiger partial charge on any atom is 0.313 e. The third kappa shape index (κ3) is 8.04. The van der Waals surface area contributed by atoms with E-state index in [1.807, 2.05) is 14.1 Å². The van der Waals surface area contributed by atoms with Crippen molar-refractivity contribution in [1.82, 2.24) is 10.2 Å². The van der Waals surface area contributed by atoms with Gasteiger partial charge in [-0.3, -0.25) is 9.59 Å². The molecule has 0 aromatic heterocycles. The number of thioether (sulfide) groups is 1. The minimum atomic E-state index is -0.892. The van der Waals surface area contributed by atoms with Gasteiger partial charge in [0.25, 0.3) is 0 Å². The second-order valence-electron chi connectivity index (χ2n) is 4.47. The van der Waals surface area contributed by atoms with Gasteiger partial charge in [-0.1, -0.05) is 13.8 Å². The Morgan fingerprint density at radius 1 is 1.29 bits per heavy atom. The molecule has 1 atom stereocenters. The van der Waals surface area contributed by atoms with Gasteiger partial charge in [-0.05, 0) is 20.0 Å². The topological polar surface area (TPSA) is 69.6 Å². The molecule has 6 heteroatoms. The molecule has 1 unspecified atom stereocenters. The number of rotatable bonds is 8. The second kappa shape index (κ2) is 8.36. The molecule has 0 saturated carbocycles. The lowest BCUT2D eigenvalue weighted by atomic mass is 10.0. The molecule has 17 heavy (non-hydrogen) atoms. The predicted octanol–water partition coefficient (Wildman–Crippen LogP) is 0.507. The van der Waals surface area contributed by atoms with E-state index in [0.29, 0.717) is 18.5 Å². The number of carbonyl (C=O) groups is 2. The molecule has 0 fully saturated rings. The van der Waals surface area contributed by atoms with Crippen LogP contribution < -0.4 is 5.32 Å². The average Bonchev–Trinajstić information content (AvgIpc) is 2.15. The first-order valence-electron chi connectivity index (χ1n) is 5.57. The summed E-state index contributed by atoms with van der Waals surface area (Å²) < 4.78 is 0. The Bertz CT molecular complexity index is 249. The molecular weight excluding hydrogens is 240 g/mol. The predicted molar refractivity (Wildman–Crippen MR) is 70.3 cm³/mol. The van der Waals surface area contributed by atoms with Gasteiger partial charge < -0.3 is 15.3 Å². The Kier molecular flexibility index (Phi) is 7.99. The van der Waals surface area contributed by atoms with Crippen LogP contribution in [0.4, 0.5) is 0 Å². The van der Waals surface area contributed by atoms with Crippen molar-refractivity contribution in [3.8, 4) is 0 Å². The van der Waals surface area contributed by atoms with Crippen molar-refractivity contribution < 1.29 is 14.7 Å². The highest BCUT2D eigenvalue weighted by molar-refractivity contribution is 8.00. The Morgan fingerprint density at radius 3 is 2.29 bits per heavy atom. The molecule has 0 rings (SSSR count). The van der Waals surface area contributed by atoms with Gasteiger partial charge in [-0.2, -0.15) is 0 Å². The zero-order chi connectivity index (χ0) is 13.4. The Morgan fingerprint density at radius 2 is 1.88 bits per heavy atom. The molecule has 0 heterocycles. The molecule has 0 spiro atoms. The second-order valence-corrected chi connectivity index (χ2v) is 5.45. The fourth-order valence-electron chi connectivity index (χ4n) is 1.52. The van der Waals surface area contributed by atoms with Crippen LogP contribution >= 0.6 is 11.8 Å². The van der Waals surface area contributed by atoms with Crippen LogP contribution in [0.3, 0.4) is 0 Å². The quantitative estimate of drug-likeness (QED) is 0.667. The Balaban J connectivity index is 3.85. The third-order valence-electron chi connectivity index (χ3n) is 2.40. The molecule has 100 valence electrons. The lowest BCUT2D eigenvalue weighted by molar-refractivity contribution is -0.133. The molecular formula is C11H22N2O3S. The van der Waals surface area contributed by atoms with Crippen molar-refractivity contribution in [2.45, 2.75) is 19.9 Å². The van der Waals surface area contributed by atoms with E-state index in [9.17, 15) is 9.59 Å². The van der Waals surface area contributed by atoms with Crippen molar-refractivity contribution >= 4 is 23.6 Å². The first kappa shape index (κ1) is 16.2. The Hall–Kier alpha value is -0.750. The number of nitrogens with one attached hydrogen (secondary N) is 1. The maximum absolute atomic E-state index is 11.4. The fourth-order valence-corrected chi connectivity index (χ4v) is 2.08. The molecule has 0 aliphatic rings. The first-order valence-corrected chi connectivity index (χ1v) is 6.72. The van der Waals surface area contributed by atoms with E-state index in [-0.39, 0.29) is 17.4 Å². The van der Waals surface area contributed by atoms with Crippen LogP contribution in [0.2, 0.25) is 0 Å². The van der Waals surface area contributed by atoms with Gasteiger partial charge in [0.05, 0.1) is 11.5 Å². The highest BCUT2D eigenvalue weighted by Crippen LogP contribution is 2.06. The summed E-state index contributed by atoms with van der Waals surface area (Å²) in [5, 5.41) is 11.3. The highest BCUT2D eigenvalue weighted by atomic mass is 32.2. The zero-order valence-corrected chi connectivity index (χ0v) is 11.7. The van der Waals surface area contributed by atoms with E-state index in [1.165, 1.54) is 0 Å². The molecule has 0 aromatic rings. The lowest BCUT2D eigenvalue weighted by Crippen LogP contribution is -2.43. The molecule has 1 amide bonds. The molecule has 2 N–H and O–H groups in total. The monoisotopic (exact) mass is 262 g/mol. The van der Waals surface area contributed by atoms with Crippen LogP contribution in [0.25, 0.3) is 0 Å². The summed E-state index contributed by atoms with van der Waals surface area (Å²) in [6.07, 6.45) is 0. The minimum Gasteiger partial charge on any atom is -0.481 e. The van der Waals surface area contributed by atoms with Crippen LogP contribution in [0.1, 0.15) is 13.8 Å². The van der Waals surface area contributed by atoms with Crippen molar-refractivity contribution in [3.05, 3.63) is 0 Å². The van der Waals surface area contributed by atoms with Gasteiger partial charge in [0.2, 0.25) is 5.91 Å². The van der Waals surface area contributed by atoms with Crippen LogP contribution in [0, 0.1) is 5.92 Å². The van der Waals surface area contributed by atoms with Gasteiger partial charge in [-0.25, -0.2) is 0 Å². The molecule has 0 bridgehead atoms. The van der Waals surface area contributed by atoms with Crippen molar-refractivity contribution in [2.24, 2.45) is 5.92 Å². The number of nitrogens with zero attached hydrogens (tertiary/aromatic N) is 1. The molecule has 5 nitrogen and oxygen atoms in total. The number of aliphatic carboxylic acids is 1. The van der Waals surface area contributed by atoms with E-state index in [4.69, 9.17) is 5.11 Å². The van der Waals surface area contributed by atoms with Gasteiger partial charge in [0.1, 0.15) is 0 Å². The minimum absolute atomic E-state index is 0.0330. The first-order chi connectivity index (χ1) is 7.84. The van der Waals surface area contributed by atoms with Gasteiger partial charge in [0.15, 0.2) is 0 Å². The molecule has 0 aliphatic heterocycles. The number of amides is 1. The van der Waals surface area contributed by atoms with Crippen molar-refractivity contribution in [2.75, 3.05) is 32.1 Å². The smallest absolute Gasteiger partial charge is 0.313 e. The fraction of sp³-hybridized carbons (Fsp3) is 0.818. The normalized spacial score (nSPS) is 12.8. The van der Waals surface area contributed by atoms with E-state index in [0.717, 1.165) is 11.8 Å². The number of hydrogen-bond acceptors (Lipinski definition) is 4. The van der Waals surface area contributed by atoms with Crippen molar-refractivity contribution in [3.63, 3.8) is 0 Å². The van der Waals surface area contributed by atoms with E-state index < -0.39 is 5.97 Å². The number of likely N-dealkylation sites (N-methyl/N-ethyl adjacent to an activating group) is 1. The molecule has 0 aliphatic carbocycles. The lowest BCUT2D eigenvalue weighted by Gasteiger charge is -2.28. The average molecular weight is 262 g/mol. The standard InChI is InChI=1S/C11H22N2O3S/c1-8(2)9(13(3)4)5-12-10(14)6-17-7-11(15)16/h8-9H,5-7H2,1-4H3,(H,12,14)(H,15,16). The number of carboxylic acids is 1. The molecule has 0 aromatic carbocycles. The van der Waals surface area contributed by atoms with Crippen LogP contribution in [0.5, 0.6) is 0 Å². The summed E-state index contributed by atoms with van der Waals surface area (Å²) in [7, 11) is 3.96. The highest BCUT2D eigenvalue weighted by Gasteiger charge is 2.16. The number of hydrogen-bond donors (Lipinski definition) is 2. The van der Waals surface area contributed by atoms with Gasteiger partial charge >= 0.3 is 5.97 Å². The maximum atomic E-state index is 11.4. The van der Waals surface area contributed by atoms with Gasteiger partial charge in [0, 0.05) is 12.6 Å². The zero-order valence-electron chi connectivity index (χ0n) is 10.9. The molecule has 0 saturated heterocycles. The number of carbonyl (C=O) groups excluding carboxylic acids is 1. The van der Waals surface area contributed by atoms with Crippen LogP contribution in [-0.4, -0.2) is 60.1 Å². The summed E-state index contributed by atoms with van der Waals surface area (Å²) in [4.78, 5) is 23.8. The SMILES string of the molecule is CC(C)C(CNC(=O)CSCC(=O)O)N(C)C. The van der Waals surface area contributed by atoms with Gasteiger partial charge in [-0.15, -0.1) is 11.8 Å². The summed E-state index contributed by atoms with van der Waals surface area (Å²) in [5.74, 6) is -0.379. The number of carboxylic acid groups (broad SMARTS) is 1. The van der Waals surface area contributed by atoms with E-state index in [2.05, 4.69) is 24.1 Å². The van der Waals surface area contributed by atoms with E-state index >= 15 is 0 Å². The summed E-state index contributed by atoms with van der Waals surface area (Å²) in [6, 6.07) is 0.295. The summed E-state index contributed by atoms with van der Waals surface area (Å²) in [6.45, 7) is 4.81. The Labute approximate surface area is 107 Å². The van der Waals surface area contributed by atoms with Crippen LogP contribution in [-0.2, 0) is 9.59 Å². The van der Waals surface area contributed by atoms with E-state index in [1.54, 1.807) is 0 Å².